The number of ether oxygens (including phenoxy) is 1. The van der Waals surface area contributed by atoms with Crippen molar-refractivity contribution in [3.8, 4) is 5.75 Å². The van der Waals surface area contributed by atoms with Crippen LogP contribution in [0.1, 0.15) is 36.8 Å². The van der Waals surface area contributed by atoms with Gasteiger partial charge in [-0.15, -0.1) is 10.2 Å². The van der Waals surface area contributed by atoms with Gasteiger partial charge < -0.3 is 15.4 Å². The summed E-state index contributed by atoms with van der Waals surface area (Å²) in [4.78, 5) is 12.3. The van der Waals surface area contributed by atoms with Crippen LogP contribution in [0, 0.1) is 11.8 Å². The number of rotatable bonds is 7. The Hall–Kier alpha value is -1.99. The van der Waals surface area contributed by atoms with Crippen LogP contribution in [0.15, 0.2) is 24.3 Å². The van der Waals surface area contributed by atoms with Crippen LogP contribution >= 0.6 is 11.3 Å². The molecule has 0 saturated carbocycles. The molecule has 0 aliphatic carbocycles. The van der Waals surface area contributed by atoms with Crippen LogP contribution in [0.2, 0.25) is 0 Å². The van der Waals surface area contributed by atoms with Crippen molar-refractivity contribution in [2.75, 3.05) is 25.5 Å². The van der Waals surface area contributed by atoms with Gasteiger partial charge in [0, 0.05) is 12.8 Å². The fraction of sp³-hybridized carbons (Fsp3) is 0.526. The molecule has 2 N–H and O–H groups in total. The van der Waals surface area contributed by atoms with Gasteiger partial charge >= 0.3 is 0 Å². The number of carbonyl (C=O) groups excluding carboxylic acids is 1. The van der Waals surface area contributed by atoms with E-state index >= 15 is 0 Å². The normalized spacial score (nSPS) is 18.3. The molecular formula is C19H26N4O2S. The van der Waals surface area contributed by atoms with Gasteiger partial charge in [-0.25, -0.2) is 0 Å². The van der Waals surface area contributed by atoms with Crippen molar-refractivity contribution < 1.29 is 9.53 Å². The third-order valence-corrected chi connectivity index (χ3v) is 5.69. The first-order valence-electron chi connectivity index (χ1n) is 9.10. The molecular weight excluding hydrogens is 348 g/mol. The molecule has 2 unspecified atom stereocenters. The van der Waals surface area contributed by atoms with Crippen LogP contribution in [0.3, 0.4) is 0 Å². The van der Waals surface area contributed by atoms with Gasteiger partial charge in [-0.05, 0) is 55.5 Å². The number of amides is 1. The number of carbonyl (C=O) groups is 1. The van der Waals surface area contributed by atoms with Crippen LogP contribution in [0.4, 0.5) is 5.13 Å². The highest BCUT2D eigenvalue weighted by atomic mass is 32.1. The zero-order valence-corrected chi connectivity index (χ0v) is 16.1. The van der Waals surface area contributed by atoms with Crippen molar-refractivity contribution >= 4 is 22.4 Å². The smallest absolute Gasteiger partial charge is 0.226 e. The zero-order valence-electron chi connectivity index (χ0n) is 15.3. The average Bonchev–Trinajstić information content (AvgIpc) is 3.09. The van der Waals surface area contributed by atoms with Crippen molar-refractivity contribution in [3.05, 3.63) is 34.8 Å². The van der Waals surface area contributed by atoms with E-state index in [9.17, 15) is 4.79 Å². The van der Waals surface area contributed by atoms with E-state index in [1.165, 1.54) is 24.2 Å². The van der Waals surface area contributed by atoms with E-state index in [-0.39, 0.29) is 5.91 Å². The molecule has 1 saturated heterocycles. The predicted molar refractivity (Wildman–Crippen MR) is 104 cm³/mol. The number of hydrogen-bond donors (Lipinski definition) is 2. The van der Waals surface area contributed by atoms with Crippen molar-refractivity contribution in [3.63, 3.8) is 0 Å². The molecule has 1 aliphatic rings. The Kier molecular flexibility index (Phi) is 6.57. The van der Waals surface area contributed by atoms with Crippen LogP contribution < -0.4 is 15.4 Å². The second-order valence-corrected chi connectivity index (χ2v) is 7.93. The van der Waals surface area contributed by atoms with Gasteiger partial charge in [-0.3, -0.25) is 4.79 Å². The number of piperidine rings is 1. The van der Waals surface area contributed by atoms with Crippen LogP contribution in [0.25, 0.3) is 0 Å². The van der Waals surface area contributed by atoms with Gasteiger partial charge in [-0.2, -0.15) is 0 Å². The van der Waals surface area contributed by atoms with Gasteiger partial charge in [-0.1, -0.05) is 30.4 Å². The first-order chi connectivity index (χ1) is 12.6. The molecule has 2 atom stereocenters. The number of methoxy groups -OCH3 is 1. The molecule has 0 bridgehead atoms. The van der Waals surface area contributed by atoms with Gasteiger partial charge in [0.25, 0.3) is 0 Å². The Morgan fingerprint density at radius 1 is 1.46 bits per heavy atom. The molecule has 1 fully saturated rings. The highest BCUT2D eigenvalue weighted by molar-refractivity contribution is 7.15. The van der Waals surface area contributed by atoms with Crippen LogP contribution in [0.5, 0.6) is 5.75 Å². The minimum Gasteiger partial charge on any atom is -0.497 e. The maximum Gasteiger partial charge on any atom is 0.226 e. The molecule has 2 aromatic rings. The maximum absolute atomic E-state index is 12.3. The van der Waals surface area contributed by atoms with Gasteiger partial charge in [0.1, 0.15) is 10.8 Å². The van der Waals surface area contributed by atoms with Gasteiger partial charge in [0.2, 0.25) is 11.0 Å². The van der Waals surface area contributed by atoms with E-state index < -0.39 is 0 Å². The summed E-state index contributed by atoms with van der Waals surface area (Å²) < 4.78 is 5.24. The van der Waals surface area contributed by atoms with Gasteiger partial charge in [0.05, 0.1) is 7.11 Å². The topological polar surface area (TPSA) is 76.1 Å². The fourth-order valence-corrected chi connectivity index (χ4v) is 4.12. The Balaban J connectivity index is 1.51. The molecule has 3 rings (SSSR count). The molecule has 0 spiro atoms. The summed E-state index contributed by atoms with van der Waals surface area (Å²) in [6.07, 6.45) is 3.59. The molecule has 7 heteroatoms. The van der Waals surface area contributed by atoms with E-state index in [2.05, 4.69) is 27.8 Å². The number of hydrogen-bond acceptors (Lipinski definition) is 6. The molecule has 1 amide bonds. The highest BCUT2D eigenvalue weighted by Crippen LogP contribution is 2.24. The molecule has 140 valence electrons. The Bertz CT molecular complexity index is 728. The van der Waals surface area contributed by atoms with Gasteiger partial charge in [0.15, 0.2) is 0 Å². The lowest BCUT2D eigenvalue weighted by molar-refractivity contribution is -0.117. The summed E-state index contributed by atoms with van der Waals surface area (Å²) in [6, 6.07) is 7.89. The lowest BCUT2D eigenvalue weighted by Crippen LogP contribution is -2.34. The third-order valence-electron chi connectivity index (χ3n) is 4.85. The maximum atomic E-state index is 12.3. The van der Waals surface area contributed by atoms with E-state index in [1.54, 1.807) is 7.11 Å². The number of nitrogens with zero attached hydrogens (tertiary/aromatic N) is 2. The van der Waals surface area contributed by atoms with E-state index in [1.807, 2.05) is 24.3 Å². The number of nitrogens with one attached hydrogen (secondary N) is 2. The average molecular weight is 375 g/mol. The summed E-state index contributed by atoms with van der Waals surface area (Å²) in [7, 11) is 1.65. The fourth-order valence-electron chi connectivity index (χ4n) is 3.33. The first kappa shape index (κ1) is 18.8. The molecule has 26 heavy (non-hydrogen) atoms. The lowest BCUT2D eigenvalue weighted by Gasteiger charge is -2.27. The minimum atomic E-state index is 0.0205. The summed E-state index contributed by atoms with van der Waals surface area (Å²) >= 11 is 1.42. The number of benzene rings is 1. The zero-order chi connectivity index (χ0) is 18.4. The second-order valence-electron chi connectivity index (χ2n) is 6.87. The van der Waals surface area contributed by atoms with E-state index in [0.29, 0.717) is 29.8 Å². The first-order valence-corrected chi connectivity index (χ1v) is 9.91. The predicted octanol–water partition coefficient (Wildman–Crippen LogP) is 3.10. The standard InChI is InChI=1S/C19H26N4O2S/c1-13(15-6-4-8-20-12-15)9-17(24)21-19-23-22-18(26-19)11-14-5-3-7-16(10-14)25-2/h3,5,7,10,13,15,20H,4,6,8-9,11-12H2,1-2H3,(H,21,23,24). The summed E-state index contributed by atoms with van der Waals surface area (Å²) in [5.74, 6) is 1.79. The SMILES string of the molecule is COc1cccc(Cc2nnc(NC(=O)CC(C)C3CCCNC3)s2)c1. The molecule has 0 radical (unpaired) electrons. The quantitative estimate of drug-likeness (QED) is 0.779. The summed E-state index contributed by atoms with van der Waals surface area (Å²) in [5.41, 5.74) is 1.11. The van der Waals surface area contributed by atoms with Crippen LogP contribution in [-0.2, 0) is 11.2 Å². The lowest BCUT2D eigenvalue weighted by atomic mass is 9.85. The summed E-state index contributed by atoms with van der Waals surface area (Å²) in [5, 5.41) is 16.1. The third kappa shape index (κ3) is 5.25. The Labute approximate surface area is 158 Å². The summed E-state index contributed by atoms with van der Waals surface area (Å²) in [6.45, 7) is 4.26. The monoisotopic (exact) mass is 374 g/mol. The minimum absolute atomic E-state index is 0.0205. The van der Waals surface area contributed by atoms with Crippen molar-refractivity contribution in [2.24, 2.45) is 11.8 Å². The molecule has 2 heterocycles. The molecule has 1 aromatic heterocycles. The second kappa shape index (κ2) is 9.09. The molecule has 1 aromatic carbocycles. The van der Waals surface area contributed by atoms with Crippen LogP contribution in [-0.4, -0.2) is 36.3 Å². The van der Waals surface area contributed by atoms with Crippen molar-refractivity contribution in [1.82, 2.24) is 15.5 Å². The molecule has 1 aliphatic heterocycles. The van der Waals surface area contributed by atoms with Crippen molar-refractivity contribution in [1.29, 1.82) is 0 Å². The number of anilines is 1. The Morgan fingerprint density at radius 3 is 3.12 bits per heavy atom. The highest BCUT2D eigenvalue weighted by Gasteiger charge is 2.22. The Morgan fingerprint density at radius 2 is 2.35 bits per heavy atom. The number of aromatic nitrogens is 2. The van der Waals surface area contributed by atoms with E-state index in [0.717, 1.165) is 29.4 Å². The largest absolute Gasteiger partial charge is 0.497 e. The van der Waals surface area contributed by atoms with E-state index in [4.69, 9.17) is 4.74 Å². The molecule has 6 nitrogen and oxygen atoms in total. The van der Waals surface area contributed by atoms with Crippen molar-refractivity contribution in [2.45, 2.75) is 32.6 Å².